The van der Waals surface area contributed by atoms with E-state index in [0.717, 1.165) is 0 Å². The van der Waals surface area contributed by atoms with Crippen LogP contribution < -0.4 is 20.1 Å². The molecule has 0 aliphatic carbocycles. The van der Waals surface area contributed by atoms with Crippen molar-refractivity contribution in [3.05, 3.63) is 23.8 Å². The second kappa shape index (κ2) is 9.44. The van der Waals surface area contributed by atoms with E-state index in [9.17, 15) is 18.4 Å². The Labute approximate surface area is 131 Å². The number of alkyl halides is 2. The third-order valence-electron chi connectivity index (χ3n) is 2.77. The van der Waals surface area contributed by atoms with Crippen molar-refractivity contribution in [3.8, 4) is 11.5 Å². The van der Waals surface area contributed by atoms with E-state index in [-0.39, 0.29) is 31.0 Å². The Morgan fingerprint density at radius 1 is 1.22 bits per heavy atom. The number of carboxylic acid groups (broad SMARTS) is 1. The van der Waals surface area contributed by atoms with Gasteiger partial charge in [-0.05, 0) is 24.1 Å². The number of urea groups is 1. The van der Waals surface area contributed by atoms with Gasteiger partial charge in [-0.2, -0.15) is 8.78 Å². The molecule has 0 fully saturated rings. The first-order valence-electron chi connectivity index (χ1n) is 6.77. The van der Waals surface area contributed by atoms with Crippen LogP contribution in [0.5, 0.6) is 11.5 Å². The molecule has 2 amide bonds. The number of amides is 2. The highest BCUT2D eigenvalue weighted by Crippen LogP contribution is 2.29. The van der Waals surface area contributed by atoms with Crippen LogP contribution in [0.15, 0.2) is 18.2 Å². The molecule has 0 heterocycles. The van der Waals surface area contributed by atoms with Gasteiger partial charge in [-0.15, -0.1) is 0 Å². The number of rotatable bonds is 9. The number of nitrogens with one attached hydrogen (secondary N) is 2. The molecule has 0 aromatic heterocycles. The van der Waals surface area contributed by atoms with Crippen molar-refractivity contribution in [1.82, 2.24) is 10.6 Å². The first-order valence-corrected chi connectivity index (χ1v) is 6.77. The summed E-state index contributed by atoms with van der Waals surface area (Å²) in [5.74, 6) is -0.894. The molecule has 3 N–H and O–H groups in total. The number of methoxy groups -OCH3 is 1. The van der Waals surface area contributed by atoms with Gasteiger partial charge in [-0.1, -0.05) is 6.07 Å². The predicted octanol–water partition coefficient (Wildman–Crippen LogP) is 1.61. The highest BCUT2D eigenvalue weighted by atomic mass is 19.3. The van der Waals surface area contributed by atoms with E-state index in [4.69, 9.17) is 9.84 Å². The fraction of sp³-hybridized carbons (Fsp3) is 0.429. The van der Waals surface area contributed by atoms with E-state index in [2.05, 4.69) is 15.4 Å². The maximum atomic E-state index is 12.3. The smallest absolute Gasteiger partial charge is 0.387 e. The van der Waals surface area contributed by atoms with E-state index in [1.165, 1.54) is 19.2 Å². The van der Waals surface area contributed by atoms with Gasteiger partial charge in [0.1, 0.15) is 0 Å². The highest BCUT2D eigenvalue weighted by Gasteiger charge is 2.11. The van der Waals surface area contributed by atoms with Crippen molar-refractivity contribution in [2.75, 3.05) is 20.2 Å². The average molecular weight is 332 g/mol. The molecule has 7 nitrogen and oxygen atoms in total. The number of ether oxygens (including phenoxy) is 2. The maximum absolute atomic E-state index is 12.3. The minimum Gasteiger partial charge on any atom is -0.493 e. The molecule has 1 aromatic rings. The second-order valence-corrected chi connectivity index (χ2v) is 4.44. The summed E-state index contributed by atoms with van der Waals surface area (Å²) >= 11 is 0. The molecule has 9 heteroatoms. The Morgan fingerprint density at radius 2 is 1.91 bits per heavy atom. The van der Waals surface area contributed by atoms with Gasteiger partial charge in [0.05, 0.1) is 13.5 Å². The summed E-state index contributed by atoms with van der Waals surface area (Å²) in [4.78, 5) is 21.7. The summed E-state index contributed by atoms with van der Waals surface area (Å²) < 4.78 is 33.9. The van der Waals surface area contributed by atoms with Gasteiger partial charge >= 0.3 is 18.6 Å². The average Bonchev–Trinajstić information content (AvgIpc) is 2.46. The number of hydrogen-bond donors (Lipinski definition) is 3. The van der Waals surface area contributed by atoms with Gasteiger partial charge in [0.2, 0.25) is 0 Å². The summed E-state index contributed by atoms with van der Waals surface area (Å²) in [5.41, 5.74) is 0.673. The van der Waals surface area contributed by atoms with Gasteiger partial charge in [0.15, 0.2) is 11.5 Å². The summed E-state index contributed by atoms with van der Waals surface area (Å²) in [5, 5.41) is 13.3. The number of carboxylic acids is 1. The van der Waals surface area contributed by atoms with E-state index < -0.39 is 18.6 Å². The Balaban J connectivity index is 2.45. The Kier molecular flexibility index (Phi) is 7.58. The molecule has 128 valence electrons. The van der Waals surface area contributed by atoms with Crippen LogP contribution in [-0.2, 0) is 11.2 Å². The monoisotopic (exact) mass is 332 g/mol. The largest absolute Gasteiger partial charge is 0.493 e. The molecule has 1 rings (SSSR count). The van der Waals surface area contributed by atoms with Crippen molar-refractivity contribution in [3.63, 3.8) is 0 Å². The quantitative estimate of drug-likeness (QED) is 0.638. The topological polar surface area (TPSA) is 96.9 Å². The Hall–Kier alpha value is -2.58. The van der Waals surface area contributed by atoms with E-state index in [1.807, 2.05) is 0 Å². The second-order valence-electron chi connectivity index (χ2n) is 4.44. The van der Waals surface area contributed by atoms with Crippen LogP contribution in [0.2, 0.25) is 0 Å². The van der Waals surface area contributed by atoms with Crippen LogP contribution in [0.25, 0.3) is 0 Å². The fourth-order valence-corrected chi connectivity index (χ4v) is 1.73. The van der Waals surface area contributed by atoms with Gasteiger partial charge in [0, 0.05) is 13.1 Å². The molecule has 0 saturated heterocycles. The normalized spacial score (nSPS) is 10.3. The zero-order valence-electron chi connectivity index (χ0n) is 12.5. The summed E-state index contributed by atoms with van der Waals surface area (Å²) in [6, 6.07) is 4.08. The van der Waals surface area contributed by atoms with Crippen molar-refractivity contribution < 1.29 is 33.0 Å². The number of carbonyl (C=O) groups is 2. The SMILES string of the molecule is COc1ccc(CCNC(=O)NCCC(=O)O)cc1OC(F)F. The number of aliphatic carboxylic acids is 1. The molecule has 0 spiro atoms. The number of carbonyl (C=O) groups excluding carboxylic acids is 1. The van der Waals surface area contributed by atoms with Crippen molar-refractivity contribution in [1.29, 1.82) is 0 Å². The molecule has 0 aliphatic rings. The highest BCUT2D eigenvalue weighted by molar-refractivity contribution is 5.74. The van der Waals surface area contributed by atoms with Gasteiger partial charge in [-0.25, -0.2) is 4.79 Å². The summed E-state index contributed by atoms with van der Waals surface area (Å²) in [6.07, 6.45) is 0.218. The summed E-state index contributed by atoms with van der Waals surface area (Å²) in [6.45, 7) is -2.69. The van der Waals surface area contributed by atoms with Crippen molar-refractivity contribution in [2.24, 2.45) is 0 Å². The fourth-order valence-electron chi connectivity index (χ4n) is 1.73. The number of benzene rings is 1. The van der Waals surface area contributed by atoms with Crippen molar-refractivity contribution >= 4 is 12.0 Å². The van der Waals surface area contributed by atoms with Crippen LogP contribution in [0.3, 0.4) is 0 Å². The van der Waals surface area contributed by atoms with Gasteiger partial charge in [-0.3, -0.25) is 4.79 Å². The van der Waals surface area contributed by atoms with Gasteiger partial charge < -0.3 is 25.2 Å². The Bertz CT molecular complexity index is 540. The molecule has 0 bridgehead atoms. The minimum absolute atomic E-state index is 0.0239. The third-order valence-corrected chi connectivity index (χ3v) is 2.77. The van der Waals surface area contributed by atoms with E-state index in [0.29, 0.717) is 12.0 Å². The Morgan fingerprint density at radius 3 is 2.52 bits per heavy atom. The zero-order valence-corrected chi connectivity index (χ0v) is 12.5. The van der Waals surface area contributed by atoms with Crippen LogP contribution >= 0.6 is 0 Å². The standard InChI is InChI=1S/C14H18F2N2O5/c1-22-10-3-2-9(8-11(10)23-13(15)16)4-6-17-14(21)18-7-5-12(19)20/h2-3,8,13H,4-7H2,1H3,(H,19,20)(H2,17,18,21). The van der Waals surface area contributed by atoms with Crippen molar-refractivity contribution in [2.45, 2.75) is 19.5 Å². The zero-order chi connectivity index (χ0) is 17.2. The van der Waals surface area contributed by atoms with Crippen LogP contribution in [0, 0.1) is 0 Å². The van der Waals surface area contributed by atoms with Crippen LogP contribution in [0.1, 0.15) is 12.0 Å². The lowest BCUT2D eigenvalue weighted by Crippen LogP contribution is -2.37. The van der Waals surface area contributed by atoms with E-state index in [1.54, 1.807) is 6.07 Å². The lowest BCUT2D eigenvalue weighted by atomic mass is 10.1. The van der Waals surface area contributed by atoms with Crippen LogP contribution in [-0.4, -0.2) is 43.9 Å². The third kappa shape index (κ3) is 7.30. The van der Waals surface area contributed by atoms with Crippen LogP contribution in [0.4, 0.5) is 13.6 Å². The molecule has 23 heavy (non-hydrogen) atoms. The lowest BCUT2D eigenvalue weighted by Gasteiger charge is -2.12. The maximum Gasteiger partial charge on any atom is 0.387 e. The first-order chi connectivity index (χ1) is 10.9. The number of halogens is 2. The molecular weight excluding hydrogens is 314 g/mol. The molecule has 0 radical (unpaired) electrons. The number of hydrogen-bond acceptors (Lipinski definition) is 4. The molecule has 0 atom stereocenters. The van der Waals surface area contributed by atoms with E-state index >= 15 is 0 Å². The summed E-state index contributed by atoms with van der Waals surface area (Å²) in [7, 11) is 1.34. The molecule has 0 saturated carbocycles. The molecule has 1 aromatic carbocycles. The minimum atomic E-state index is -2.96. The lowest BCUT2D eigenvalue weighted by molar-refractivity contribution is -0.136. The predicted molar refractivity (Wildman–Crippen MR) is 77.0 cm³/mol. The van der Waals surface area contributed by atoms with Gasteiger partial charge in [0.25, 0.3) is 0 Å². The molecule has 0 aliphatic heterocycles. The first kappa shape index (κ1) is 18.5. The molecular formula is C14H18F2N2O5. The molecule has 0 unspecified atom stereocenters.